The quantitative estimate of drug-likeness (QED) is 0.694. The molecule has 5 nitrogen and oxygen atoms in total. The lowest BCUT2D eigenvalue weighted by Gasteiger charge is -2.31. The molecule has 1 aromatic heterocycles. The summed E-state index contributed by atoms with van der Waals surface area (Å²) < 4.78 is 5.46. The van der Waals surface area contributed by atoms with Crippen LogP contribution in [0.5, 0.6) is 0 Å². The van der Waals surface area contributed by atoms with Gasteiger partial charge in [0.15, 0.2) is 0 Å². The molecule has 28 heavy (non-hydrogen) atoms. The first-order valence-corrected chi connectivity index (χ1v) is 9.90. The van der Waals surface area contributed by atoms with Gasteiger partial charge in [-0.1, -0.05) is 48.0 Å². The summed E-state index contributed by atoms with van der Waals surface area (Å²) in [6.45, 7) is 6.19. The van der Waals surface area contributed by atoms with Crippen LogP contribution in [0.3, 0.4) is 0 Å². The topological polar surface area (TPSA) is 57.4 Å². The molecule has 0 bridgehead atoms. The van der Waals surface area contributed by atoms with Gasteiger partial charge in [-0.05, 0) is 24.1 Å². The first-order valence-electron chi connectivity index (χ1n) is 9.90. The van der Waals surface area contributed by atoms with Crippen LogP contribution in [-0.2, 0) is 16.0 Å². The Morgan fingerprint density at radius 3 is 2.68 bits per heavy atom. The van der Waals surface area contributed by atoms with Crippen LogP contribution in [0.15, 0.2) is 54.7 Å². The molecule has 146 valence electrons. The summed E-state index contributed by atoms with van der Waals surface area (Å²) in [5.74, 6) is 0.0450. The molecule has 1 saturated heterocycles. The van der Waals surface area contributed by atoms with E-state index in [1.54, 1.807) is 0 Å². The fourth-order valence-electron chi connectivity index (χ4n) is 3.77. The predicted molar refractivity (Wildman–Crippen MR) is 111 cm³/mol. The molecule has 4 rings (SSSR count). The molecule has 3 aromatic rings. The Balaban J connectivity index is 1.49. The van der Waals surface area contributed by atoms with E-state index in [4.69, 9.17) is 4.74 Å². The van der Waals surface area contributed by atoms with Crippen molar-refractivity contribution in [1.29, 1.82) is 0 Å². The zero-order valence-electron chi connectivity index (χ0n) is 16.3. The van der Waals surface area contributed by atoms with Crippen molar-refractivity contribution >= 4 is 16.8 Å². The molecular weight excluding hydrogens is 350 g/mol. The molecule has 2 heterocycles. The van der Waals surface area contributed by atoms with Crippen LogP contribution in [-0.4, -0.2) is 48.6 Å². The van der Waals surface area contributed by atoms with Crippen molar-refractivity contribution in [3.8, 4) is 0 Å². The second kappa shape index (κ2) is 8.59. The number of amides is 1. The van der Waals surface area contributed by atoms with E-state index in [0.29, 0.717) is 6.42 Å². The fraction of sp³-hybridized carbons (Fsp3) is 0.348. The van der Waals surface area contributed by atoms with Gasteiger partial charge in [0, 0.05) is 36.7 Å². The number of H-pyrrole nitrogens is 1. The smallest absolute Gasteiger partial charge is 0.225 e. The Hall–Kier alpha value is -2.63. The Morgan fingerprint density at radius 1 is 1.14 bits per heavy atom. The number of para-hydroxylation sites is 1. The van der Waals surface area contributed by atoms with Gasteiger partial charge >= 0.3 is 0 Å². The van der Waals surface area contributed by atoms with Gasteiger partial charge in [-0.25, -0.2) is 0 Å². The second-order valence-electron chi connectivity index (χ2n) is 7.48. The summed E-state index contributed by atoms with van der Waals surface area (Å²) in [6, 6.07) is 16.5. The van der Waals surface area contributed by atoms with Crippen molar-refractivity contribution in [3.63, 3.8) is 0 Å². The lowest BCUT2D eigenvalue weighted by atomic mass is 10.0. The molecule has 2 aromatic carbocycles. The number of fused-ring (bicyclic) bond motifs is 1. The summed E-state index contributed by atoms with van der Waals surface area (Å²) >= 11 is 0. The van der Waals surface area contributed by atoms with Crippen LogP contribution >= 0.6 is 0 Å². The molecule has 1 aliphatic heterocycles. The van der Waals surface area contributed by atoms with E-state index in [9.17, 15) is 4.79 Å². The van der Waals surface area contributed by atoms with E-state index >= 15 is 0 Å². The van der Waals surface area contributed by atoms with Crippen molar-refractivity contribution in [3.05, 3.63) is 71.4 Å². The van der Waals surface area contributed by atoms with Crippen molar-refractivity contribution < 1.29 is 9.53 Å². The van der Waals surface area contributed by atoms with Crippen LogP contribution in [0, 0.1) is 6.92 Å². The normalized spacial score (nSPS) is 16.2. The third-order valence-electron chi connectivity index (χ3n) is 5.39. The van der Waals surface area contributed by atoms with Gasteiger partial charge in [-0.15, -0.1) is 0 Å². The maximum Gasteiger partial charge on any atom is 0.225 e. The number of benzene rings is 2. The van der Waals surface area contributed by atoms with Gasteiger partial charge in [-0.2, -0.15) is 0 Å². The number of aromatic nitrogens is 1. The molecule has 1 aliphatic rings. The Morgan fingerprint density at radius 2 is 1.89 bits per heavy atom. The van der Waals surface area contributed by atoms with Gasteiger partial charge in [0.25, 0.3) is 0 Å². The molecular formula is C23H27N3O2. The summed E-state index contributed by atoms with van der Waals surface area (Å²) in [5.41, 5.74) is 4.46. The summed E-state index contributed by atoms with van der Waals surface area (Å²) in [5, 5.41) is 4.38. The molecule has 1 fully saturated rings. The number of aromatic amines is 1. The Kier molecular flexibility index (Phi) is 5.74. The van der Waals surface area contributed by atoms with E-state index in [2.05, 4.69) is 52.5 Å². The van der Waals surface area contributed by atoms with Crippen LogP contribution < -0.4 is 5.32 Å². The minimum absolute atomic E-state index is 0.0311. The number of nitrogens with zero attached hydrogens (tertiary/aromatic N) is 1. The first-order chi connectivity index (χ1) is 13.7. The number of ether oxygens (including phenoxy) is 1. The largest absolute Gasteiger partial charge is 0.379 e. The van der Waals surface area contributed by atoms with Crippen LogP contribution in [0.2, 0.25) is 0 Å². The van der Waals surface area contributed by atoms with Crippen molar-refractivity contribution in [1.82, 2.24) is 15.2 Å². The predicted octanol–water partition coefficient (Wildman–Crippen LogP) is 3.21. The zero-order valence-corrected chi connectivity index (χ0v) is 16.3. The number of nitrogens with one attached hydrogen (secondary N) is 2. The SMILES string of the molecule is Cc1ccc(C(CN2CCOCC2)NC(=O)Cc2c[nH]c3ccccc23)cc1. The average Bonchev–Trinajstić information content (AvgIpc) is 3.12. The highest BCUT2D eigenvalue weighted by Crippen LogP contribution is 2.20. The number of aryl methyl sites for hydroxylation is 1. The van der Waals surface area contributed by atoms with Crippen molar-refractivity contribution in [2.24, 2.45) is 0 Å². The molecule has 1 amide bonds. The lowest BCUT2D eigenvalue weighted by molar-refractivity contribution is -0.121. The van der Waals surface area contributed by atoms with Gasteiger partial charge in [0.05, 0.1) is 25.7 Å². The fourth-order valence-corrected chi connectivity index (χ4v) is 3.77. The third-order valence-corrected chi connectivity index (χ3v) is 5.39. The Labute approximate surface area is 165 Å². The number of carbonyl (C=O) groups excluding carboxylic acids is 1. The van der Waals surface area contributed by atoms with Gasteiger partial charge in [0.1, 0.15) is 0 Å². The maximum absolute atomic E-state index is 12.9. The molecule has 0 spiro atoms. The van der Waals surface area contributed by atoms with Crippen LogP contribution in [0.1, 0.15) is 22.7 Å². The molecule has 5 heteroatoms. The minimum atomic E-state index is -0.0311. The van der Waals surface area contributed by atoms with Gasteiger partial charge < -0.3 is 15.0 Å². The van der Waals surface area contributed by atoms with Gasteiger partial charge in [0.2, 0.25) is 5.91 Å². The maximum atomic E-state index is 12.9. The number of hydrogen-bond acceptors (Lipinski definition) is 3. The summed E-state index contributed by atoms with van der Waals surface area (Å²) in [6.07, 6.45) is 2.31. The molecule has 0 aliphatic carbocycles. The number of morpholine rings is 1. The number of rotatable bonds is 6. The highest BCUT2D eigenvalue weighted by atomic mass is 16.5. The highest BCUT2D eigenvalue weighted by Gasteiger charge is 2.20. The summed E-state index contributed by atoms with van der Waals surface area (Å²) in [4.78, 5) is 18.5. The van der Waals surface area contributed by atoms with E-state index in [1.165, 1.54) is 5.56 Å². The highest BCUT2D eigenvalue weighted by molar-refractivity contribution is 5.89. The molecule has 0 saturated carbocycles. The van der Waals surface area contributed by atoms with E-state index in [-0.39, 0.29) is 11.9 Å². The Bertz CT molecular complexity index is 926. The molecule has 2 N–H and O–H groups in total. The summed E-state index contributed by atoms with van der Waals surface area (Å²) in [7, 11) is 0. The molecule has 1 atom stereocenters. The van der Waals surface area contributed by atoms with Crippen LogP contribution in [0.25, 0.3) is 10.9 Å². The molecule has 1 unspecified atom stereocenters. The standard InChI is InChI=1S/C23H27N3O2/c1-17-6-8-18(9-7-17)22(16-26-10-12-28-13-11-26)25-23(27)14-19-15-24-21-5-3-2-4-20(19)21/h2-9,15,22,24H,10-14,16H2,1H3,(H,25,27). The first kappa shape index (κ1) is 18.7. The van der Waals surface area contributed by atoms with Crippen molar-refractivity contribution in [2.75, 3.05) is 32.8 Å². The third kappa shape index (κ3) is 4.43. The average molecular weight is 377 g/mol. The van der Waals surface area contributed by atoms with E-state index in [1.807, 2.05) is 24.4 Å². The number of carbonyl (C=O) groups is 1. The molecule has 0 radical (unpaired) electrons. The number of hydrogen-bond donors (Lipinski definition) is 2. The van der Waals surface area contributed by atoms with Crippen LogP contribution in [0.4, 0.5) is 0 Å². The monoisotopic (exact) mass is 377 g/mol. The van der Waals surface area contributed by atoms with Gasteiger partial charge in [-0.3, -0.25) is 9.69 Å². The second-order valence-corrected chi connectivity index (χ2v) is 7.48. The zero-order chi connectivity index (χ0) is 19.3. The van der Waals surface area contributed by atoms with Crippen molar-refractivity contribution in [2.45, 2.75) is 19.4 Å². The minimum Gasteiger partial charge on any atom is -0.379 e. The lowest BCUT2D eigenvalue weighted by Crippen LogP contribution is -2.43. The van der Waals surface area contributed by atoms with E-state index in [0.717, 1.165) is 54.9 Å². The van der Waals surface area contributed by atoms with E-state index < -0.39 is 0 Å².